The molecule has 1 N–H and O–H groups in total. The highest BCUT2D eigenvalue weighted by Gasteiger charge is 2.34. The summed E-state index contributed by atoms with van der Waals surface area (Å²) in [7, 11) is -2.59. The van der Waals surface area contributed by atoms with E-state index in [9.17, 15) is 18.0 Å². The Morgan fingerprint density at radius 3 is 1.98 bits per heavy atom. The number of likely N-dealkylation sites (N-methyl/N-ethyl adjacent to an activating group) is 1. The summed E-state index contributed by atoms with van der Waals surface area (Å²) < 4.78 is 29.3. The third-order valence-corrected chi connectivity index (χ3v) is 9.01. The summed E-state index contributed by atoms with van der Waals surface area (Å²) in [6, 6.07) is 30.0. The number of rotatable bonds is 11. The number of sulfonamides is 1. The van der Waals surface area contributed by atoms with E-state index in [0.717, 1.165) is 22.3 Å². The second kappa shape index (κ2) is 13.5. The van der Waals surface area contributed by atoms with Gasteiger partial charge >= 0.3 is 0 Å². The fourth-order valence-corrected chi connectivity index (χ4v) is 6.32. The average Bonchev–Trinajstić information content (AvgIpc) is 3.00. The quantitative estimate of drug-likeness (QED) is 0.263. The maximum absolute atomic E-state index is 14.4. The predicted octanol–water partition coefficient (Wildman–Crippen LogP) is 5.19. The number of carbonyl (C=O) groups is 2. The molecule has 0 aromatic heterocycles. The van der Waals surface area contributed by atoms with E-state index in [0.29, 0.717) is 11.3 Å². The lowest BCUT2D eigenvalue weighted by atomic mass is 10.0. The van der Waals surface area contributed by atoms with Gasteiger partial charge in [-0.2, -0.15) is 0 Å². The summed E-state index contributed by atoms with van der Waals surface area (Å²) in [4.78, 5) is 29.3. The van der Waals surface area contributed by atoms with Crippen molar-refractivity contribution in [3.05, 3.63) is 131 Å². The van der Waals surface area contributed by atoms with Crippen LogP contribution in [0.2, 0.25) is 0 Å². The van der Waals surface area contributed by atoms with Gasteiger partial charge in [0, 0.05) is 20.0 Å². The minimum atomic E-state index is -4.13. The molecule has 0 heterocycles. The van der Waals surface area contributed by atoms with Crippen LogP contribution < -0.4 is 9.62 Å². The lowest BCUT2D eigenvalue weighted by Gasteiger charge is -2.34. The summed E-state index contributed by atoms with van der Waals surface area (Å²) in [5, 5.41) is 2.71. The third-order valence-electron chi connectivity index (χ3n) is 7.23. The van der Waals surface area contributed by atoms with E-state index in [1.807, 2.05) is 87.5 Å². The highest BCUT2D eigenvalue weighted by molar-refractivity contribution is 7.92. The second-order valence-electron chi connectivity index (χ2n) is 10.4. The molecule has 1 atom stereocenters. The molecule has 0 radical (unpaired) electrons. The first kappa shape index (κ1) is 30.5. The molecule has 0 spiro atoms. The first-order valence-corrected chi connectivity index (χ1v) is 15.3. The molecule has 0 aliphatic carbocycles. The predicted molar refractivity (Wildman–Crippen MR) is 167 cm³/mol. The summed E-state index contributed by atoms with van der Waals surface area (Å²) in [5.41, 5.74) is 4.78. The van der Waals surface area contributed by atoms with Gasteiger partial charge in [0.1, 0.15) is 12.6 Å². The van der Waals surface area contributed by atoms with E-state index >= 15 is 0 Å². The van der Waals surface area contributed by atoms with Crippen molar-refractivity contribution < 1.29 is 18.0 Å². The van der Waals surface area contributed by atoms with E-state index in [2.05, 4.69) is 5.32 Å². The summed E-state index contributed by atoms with van der Waals surface area (Å²) >= 11 is 0. The zero-order chi connectivity index (χ0) is 30.3. The molecule has 0 bridgehead atoms. The van der Waals surface area contributed by atoms with Crippen molar-refractivity contribution in [1.29, 1.82) is 0 Å². The number of nitrogens with zero attached hydrogens (tertiary/aromatic N) is 2. The highest BCUT2D eigenvalue weighted by Crippen LogP contribution is 2.28. The van der Waals surface area contributed by atoms with Crippen LogP contribution in [0.15, 0.2) is 108 Å². The van der Waals surface area contributed by atoms with Gasteiger partial charge in [0.15, 0.2) is 0 Å². The number of carbonyl (C=O) groups excluding carboxylic acids is 2. The van der Waals surface area contributed by atoms with E-state index in [1.54, 1.807) is 24.3 Å². The topological polar surface area (TPSA) is 86.8 Å². The highest BCUT2D eigenvalue weighted by atomic mass is 32.2. The number of amides is 2. The lowest BCUT2D eigenvalue weighted by Crippen LogP contribution is -2.53. The molecule has 0 unspecified atom stereocenters. The van der Waals surface area contributed by atoms with Crippen LogP contribution in [0.3, 0.4) is 0 Å². The number of hydrogen-bond acceptors (Lipinski definition) is 4. The molecule has 0 aliphatic rings. The number of nitrogens with one attached hydrogen (secondary N) is 1. The molecule has 0 aliphatic heterocycles. The number of aryl methyl sites for hydroxylation is 3. The fourth-order valence-electron chi connectivity index (χ4n) is 4.83. The summed E-state index contributed by atoms with van der Waals surface area (Å²) in [6.45, 7) is 5.33. The molecule has 42 heavy (non-hydrogen) atoms. The van der Waals surface area contributed by atoms with E-state index < -0.39 is 28.5 Å². The van der Waals surface area contributed by atoms with Crippen molar-refractivity contribution in [2.45, 2.75) is 44.7 Å². The maximum atomic E-state index is 14.4. The average molecular weight is 584 g/mol. The van der Waals surface area contributed by atoms with Gasteiger partial charge in [-0.1, -0.05) is 90.5 Å². The van der Waals surface area contributed by atoms with Crippen LogP contribution in [0, 0.1) is 20.8 Å². The molecule has 7 nitrogen and oxygen atoms in total. The third kappa shape index (κ3) is 7.25. The Balaban J connectivity index is 1.81. The minimum Gasteiger partial charge on any atom is -0.357 e. The summed E-state index contributed by atoms with van der Waals surface area (Å²) in [6.07, 6.45) is 0.271. The van der Waals surface area contributed by atoms with Crippen molar-refractivity contribution in [3.8, 4) is 0 Å². The van der Waals surface area contributed by atoms with Gasteiger partial charge in [-0.25, -0.2) is 8.42 Å². The van der Waals surface area contributed by atoms with Crippen molar-refractivity contribution in [2.75, 3.05) is 17.9 Å². The molecule has 0 saturated heterocycles. The van der Waals surface area contributed by atoms with Gasteiger partial charge in [-0.05, 0) is 61.2 Å². The van der Waals surface area contributed by atoms with Crippen molar-refractivity contribution in [2.24, 2.45) is 0 Å². The van der Waals surface area contributed by atoms with Crippen LogP contribution in [0.1, 0.15) is 27.8 Å². The van der Waals surface area contributed by atoms with Crippen LogP contribution in [-0.2, 0) is 32.6 Å². The zero-order valence-electron chi connectivity index (χ0n) is 24.4. The Bertz CT molecular complexity index is 1620. The number of anilines is 1. The van der Waals surface area contributed by atoms with Crippen LogP contribution in [0.25, 0.3) is 0 Å². The first-order valence-electron chi connectivity index (χ1n) is 13.9. The Morgan fingerprint density at radius 1 is 0.762 bits per heavy atom. The maximum Gasteiger partial charge on any atom is 0.264 e. The molecule has 4 aromatic carbocycles. The Kier molecular flexibility index (Phi) is 9.80. The molecule has 4 aromatic rings. The van der Waals surface area contributed by atoms with Gasteiger partial charge in [0.2, 0.25) is 11.8 Å². The van der Waals surface area contributed by atoms with Gasteiger partial charge in [-0.3, -0.25) is 13.9 Å². The Morgan fingerprint density at radius 2 is 1.36 bits per heavy atom. The standard InChI is InChI=1S/C34H37N3O4S/c1-25-16-19-29(20-17-25)23-36(32(34(39)35-4)22-28-11-7-5-8-12-28)33(38)24-37(31-21-26(2)15-18-27(31)3)42(40,41)30-13-9-6-10-14-30/h5-21,32H,22-24H2,1-4H3,(H,35,39)/t32-/m1/s1. The molecular weight excluding hydrogens is 546 g/mol. The number of benzene rings is 4. The van der Waals surface area contributed by atoms with E-state index in [-0.39, 0.29) is 23.8 Å². The van der Waals surface area contributed by atoms with Crippen molar-refractivity contribution in [3.63, 3.8) is 0 Å². The molecular formula is C34H37N3O4S. The minimum absolute atomic E-state index is 0.0796. The van der Waals surface area contributed by atoms with Crippen LogP contribution in [0.5, 0.6) is 0 Å². The largest absolute Gasteiger partial charge is 0.357 e. The monoisotopic (exact) mass is 583 g/mol. The normalized spacial score (nSPS) is 11.9. The molecule has 0 fully saturated rings. The number of hydrogen-bond donors (Lipinski definition) is 1. The van der Waals surface area contributed by atoms with E-state index in [4.69, 9.17) is 0 Å². The molecule has 0 saturated carbocycles. The van der Waals surface area contributed by atoms with Crippen LogP contribution >= 0.6 is 0 Å². The zero-order valence-corrected chi connectivity index (χ0v) is 25.3. The molecule has 8 heteroatoms. The smallest absolute Gasteiger partial charge is 0.264 e. The van der Waals surface area contributed by atoms with Crippen molar-refractivity contribution >= 4 is 27.5 Å². The molecule has 2 amide bonds. The van der Waals surface area contributed by atoms with Gasteiger partial charge < -0.3 is 10.2 Å². The van der Waals surface area contributed by atoms with Gasteiger partial charge in [-0.15, -0.1) is 0 Å². The lowest BCUT2D eigenvalue weighted by molar-refractivity contribution is -0.139. The van der Waals surface area contributed by atoms with Crippen LogP contribution in [-0.4, -0.2) is 44.8 Å². The fraction of sp³-hybridized carbons (Fsp3) is 0.235. The molecule has 4 rings (SSSR count). The van der Waals surface area contributed by atoms with Crippen LogP contribution in [0.4, 0.5) is 5.69 Å². The Hall–Kier alpha value is -4.43. The first-order chi connectivity index (χ1) is 20.1. The summed E-state index contributed by atoms with van der Waals surface area (Å²) in [5.74, 6) is -0.816. The SMILES string of the molecule is CNC(=O)[C@@H](Cc1ccccc1)N(Cc1ccc(C)cc1)C(=O)CN(c1cc(C)ccc1C)S(=O)(=O)c1ccccc1. The Labute approximate surface area is 248 Å². The van der Waals surface area contributed by atoms with Crippen molar-refractivity contribution in [1.82, 2.24) is 10.2 Å². The van der Waals surface area contributed by atoms with Gasteiger partial charge in [0.05, 0.1) is 10.6 Å². The second-order valence-corrected chi connectivity index (χ2v) is 12.3. The van der Waals surface area contributed by atoms with E-state index in [1.165, 1.54) is 28.4 Å². The molecule has 218 valence electrons. The van der Waals surface area contributed by atoms with Gasteiger partial charge in [0.25, 0.3) is 10.0 Å².